The Kier molecular flexibility index (Phi) is 4.60. The summed E-state index contributed by atoms with van der Waals surface area (Å²) in [6.07, 6.45) is 5.40. The maximum atomic E-state index is 13.2. The largest absolute Gasteiger partial charge is 0.489 e. The number of carbonyl (C=O) groups is 1. The average Bonchev–Trinajstić information content (AvgIpc) is 3.00. The van der Waals surface area contributed by atoms with Crippen LogP contribution in [0.3, 0.4) is 0 Å². The summed E-state index contributed by atoms with van der Waals surface area (Å²) < 4.78 is 6.34. The summed E-state index contributed by atoms with van der Waals surface area (Å²) >= 11 is 6.17. The molecule has 1 amide bonds. The van der Waals surface area contributed by atoms with E-state index in [9.17, 15) is 4.79 Å². The molecule has 30 heavy (non-hydrogen) atoms. The van der Waals surface area contributed by atoms with Crippen molar-refractivity contribution in [1.82, 2.24) is 4.90 Å². The number of benzene rings is 2. The highest BCUT2D eigenvalue weighted by Crippen LogP contribution is 2.59. The number of halogens is 1. The Morgan fingerprint density at radius 2 is 1.87 bits per heavy atom. The maximum absolute atomic E-state index is 13.2. The lowest BCUT2D eigenvalue weighted by atomic mass is 9.49. The molecule has 0 N–H and O–H groups in total. The van der Waals surface area contributed by atoms with Crippen LogP contribution in [-0.4, -0.2) is 23.0 Å². The van der Waals surface area contributed by atoms with Gasteiger partial charge in [-0.2, -0.15) is 5.26 Å². The van der Waals surface area contributed by atoms with Gasteiger partial charge in [0, 0.05) is 40.6 Å². The lowest BCUT2D eigenvalue weighted by molar-refractivity contribution is -0.199. The van der Waals surface area contributed by atoms with Crippen LogP contribution in [0, 0.1) is 34.5 Å². The fourth-order valence-electron chi connectivity index (χ4n) is 5.65. The molecule has 0 spiro atoms. The van der Waals surface area contributed by atoms with Gasteiger partial charge in [0.25, 0.3) is 5.91 Å². The number of nitrogens with zero attached hydrogens (tertiary/aromatic N) is 2. The van der Waals surface area contributed by atoms with E-state index < -0.39 is 0 Å². The van der Waals surface area contributed by atoms with Gasteiger partial charge >= 0.3 is 0 Å². The van der Waals surface area contributed by atoms with Crippen LogP contribution in [0.1, 0.15) is 54.7 Å². The molecule has 0 aromatic heterocycles. The zero-order valence-corrected chi connectivity index (χ0v) is 18.2. The zero-order valence-electron chi connectivity index (χ0n) is 17.5. The van der Waals surface area contributed by atoms with Crippen LogP contribution in [-0.2, 0) is 6.54 Å². The number of hydrogen-bond acceptors (Lipinski definition) is 3. The Hall–Kier alpha value is -2.95. The summed E-state index contributed by atoms with van der Waals surface area (Å²) in [5, 5.41) is 9.45. The molecule has 0 unspecified atom stereocenters. The maximum Gasteiger partial charge on any atom is 0.254 e. The highest BCUT2D eigenvalue weighted by molar-refractivity contribution is 6.31. The normalized spacial score (nSPS) is 23.2. The van der Waals surface area contributed by atoms with E-state index in [-0.39, 0.29) is 28.9 Å². The second-order valence-electron chi connectivity index (χ2n) is 9.25. The van der Waals surface area contributed by atoms with E-state index in [1.165, 1.54) is 0 Å². The molecule has 2 aliphatic rings. The Bertz CT molecular complexity index is 1120. The molecular formula is C25H23ClN2O2. The van der Waals surface area contributed by atoms with Crippen molar-refractivity contribution < 1.29 is 9.53 Å². The average molecular weight is 419 g/mol. The molecule has 0 atom stereocenters. The Labute approximate surface area is 182 Å². The van der Waals surface area contributed by atoms with Crippen molar-refractivity contribution in [3.63, 3.8) is 0 Å². The summed E-state index contributed by atoms with van der Waals surface area (Å²) in [5.41, 5.74) is 2.34. The van der Waals surface area contributed by atoms with E-state index in [1.54, 1.807) is 18.2 Å². The number of ether oxygens (including phenoxy) is 1. The third-order valence-electron chi connectivity index (χ3n) is 6.49. The molecule has 0 bridgehead atoms. The van der Waals surface area contributed by atoms with Gasteiger partial charge in [-0.05, 0) is 35.9 Å². The second kappa shape index (κ2) is 6.79. The minimum atomic E-state index is -0.281. The van der Waals surface area contributed by atoms with Gasteiger partial charge < -0.3 is 9.64 Å². The first kappa shape index (κ1) is 20.3. The summed E-state index contributed by atoms with van der Waals surface area (Å²) in [4.78, 5) is 15.1. The van der Waals surface area contributed by atoms with Gasteiger partial charge in [0.1, 0.15) is 17.9 Å². The highest BCUT2D eigenvalue weighted by Gasteiger charge is 2.66. The molecule has 1 heterocycles. The van der Waals surface area contributed by atoms with E-state index in [1.807, 2.05) is 23.1 Å². The van der Waals surface area contributed by atoms with E-state index in [2.05, 4.69) is 39.7 Å². The van der Waals surface area contributed by atoms with Crippen molar-refractivity contribution >= 4 is 17.5 Å². The third-order valence-corrected chi connectivity index (χ3v) is 6.80. The van der Waals surface area contributed by atoms with E-state index >= 15 is 0 Å². The van der Waals surface area contributed by atoms with Crippen molar-refractivity contribution in [2.24, 2.45) is 10.8 Å². The molecule has 1 saturated carbocycles. The topological polar surface area (TPSA) is 53.3 Å². The quantitative estimate of drug-likeness (QED) is 0.657. The fourth-order valence-corrected chi connectivity index (χ4v) is 5.87. The molecule has 4 rings (SSSR count). The van der Waals surface area contributed by atoms with E-state index in [4.69, 9.17) is 28.0 Å². The van der Waals surface area contributed by atoms with Crippen molar-refractivity contribution in [2.75, 3.05) is 0 Å². The van der Waals surface area contributed by atoms with Crippen LogP contribution in [0.4, 0.5) is 0 Å². The lowest BCUT2D eigenvalue weighted by Gasteiger charge is -2.65. The zero-order chi connectivity index (χ0) is 21.8. The first-order valence-electron chi connectivity index (χ1n) is 9.88. The number of hydrogen-bond donors (Lipinski definition) is 0. The van der Waals surface area contributed by atoms with E-state index in [0.29, 0.717) is 22.9 Å². The van der Waals surface area contributed by atoms with E-state index in [0.717, 1.165) is 16.7 Å². The Morgan fingerprint density at radius 1 is 1.17 bits per heavy atom. The van der Waals surface area contributed by atoms with Crippen molar-refractivity contribution in [1.29, 1.82) is 5.26 Å². The predicted molar refractivity (Wildman–Crippen MR) is 116 cm³/mol. The first-order chi connectivity index (χ1) is 14.1. The number of amides is 1. The number of nitriles is 1. The molecule has 0 radical (unpaired) electrons. The molecule has 1 aliphatic heterocycles. The molecule has 0 saturated heterocycles. The SMILES string of the molecule is C#Cc1ccc2c(c1)CN([C@H]1C(C)(C)[C@H](Oc3ccc(C#N)c(Cl)c3)C1(C)C)C2=O. The third kappa shape index (κ3) is 2.87. The Morgan fingerprint density at radius 3 is 2.47 bits per heavy atom. The highest BCUT2D eigenvalue weighted by atomic mass is 35.5. The minimum Gasteiger partial charge on any atom is -0.489 e. The summed E-state index contributed by atoms with van der Waals surface area (Å²) in [6, 6.07) is 12.7. The lowest BCUT2D eigenvalue weighted by Crippen LogP contribution is -2.74. The van der Waals surface area contributed by atoms with Crippen LogP contribution >= 0.6 is 11.6 Å². The molecule has 2 aromatic carbocycles. The van der Waals surface area contributed by atoms with Gasteiger partial charge in [-0.25, -0.2) is 0 Å². The predicted octanol–water partition coefficient (Wildman–Crippen LogP) is 5.03. The summed E-state index contributed by atoms with van der Waals surface area (Å²) in [5.74, 6) is 3.31. The second-order valence-corrected chi connectivity index (χ2v) is 9.65. The van der Waals surface area contributed by atoms with Crippen LogP contribution in [0.2, 0.25) is 5.02 Å². The van der Waals surface area contributed by atoms with Gasteiger partial charge in [0.2, 0.25) is 0 Å². The van der Waals surface area contributed by atoms with Gasteiger partial charge in [-0.15, -0.1) is 6.42 Å². The molecule has 2 aromatic rings. The van der Waals surface area contributed by atoms with Gasteiger partial charge in [-0.3, -0.25) is 4.79 Å². The van der Waals surface area contributed by atoms with Crippen molar-refractivity contribution in [2.45, 2.75) is 46.4 Å². The molecule has 1 aliphatic carbocycles. The monoisotopic (exact) mass is 418 g/mol. The minimum absolute atomic E-state index is 0.00182. The van der Waals surface area contributed by atoms with Crippen LogP contribution in [0.5, 0.6) is 5.75 Å². The van der Waals surface area contributed by atoms with Crippen LogP contribution in [0.25, 0.3) is 0 Å². The number of terminal acetylenes is 1. The number of rotatable bonds is 3. The summed E-state index contributed by atoms with van der Waals surface area (Å²) in [7, 11) is 0. The van der Waals surface area contributed by atoms with Crippen LogP contribution < -0.4 is 4.74 Å². The molecule has 5 heteroatoms. The standard InChI is InChI=1S/C25H23ClN2O2/c1-6-15-7-10-19-17(11-15)14-28(21(19)29)22-24(2,3)23(25(22,4)5)30-18-9-8-16(13-27)20(26)12-18/h1,7-12,22-23H,14H2,2-5H3/t22-,23-. The first-order valence-corrected chi connectivity index (χ1v) is 10.3. The van der Waals surface area contributed by atoms with Crippen molar-refractivity contribution in [3.8, 4) is 24.2 Å². The Balaban J connectivity index is 1.60. The fraction of sp³-hybridized carbons (Fsp3) is 0.360. The van der Waals surface area contributed by atoms with Gasteiger partial charge in [-0.1, -0.05) is 45.2 Å². The molecular weight excluding hydrogens is 396 g/mol. The molecule has 1 fully saturated rings. The number of fused-ring (bicyclic) bond motifs is 1. The smallest absolute Gasteiger partial charge is 0.254 e. The van der Waals surface area contributed by atoms with Gasteiger partial charge in [0.05, 0.1) is 10.6 Å². The van der Waals surface area contributed by atoms with Gasteiger partial charge in [0.15, 0.2) is 0 Å². The number of carbonyl (C=O) groups excluding carboxylic acids is 1. The molecule has 4 nitrogen and oxygen atoms in total. The van der Waals surface area contributed by atoms with Crippen LogP contribution in [0.15, 0.2) is 36.4 Å². The van der Waals surface area contributed by atoms with Crippen molar-refractivity contribution in [3.05, 3.63) is 63.7 Å². The molecule has 152 valence electrons. The summed E-state index contributed by atoms with van der Waals surface area (Å²) in [6.45, 7) is 9.06.